The molecule has 0 aliphatic heterocycles. The molecule has 0 aliphatic rings. The fourth-order valence-electron chi connectivity index (χ4n) is 18.2. The Hall–Kier alpha value is -17.4. The molecule has 21 heteroatoms. The highest BCUT2D eigenvalue weighted by molar-refractivity contribution is 7.23. The van der Waals surface area contributed by atoms with Crippen LogP contribution in [0.1, 0.15) is 0 Å². The van der Waals surface area contributed by atoms with Crippen molar-refractivity contribution < 1.29 is 13.3 Å². The SMILES string of the molecule is Clc1ccc2c(c1)oc1cc(-c3nc4ccccc4nc3-c3ccccc3)ccc12.Clc1nc(-c2ccccc2)c2c(-c3ccccc3)c(-c3ccccn3)oc2n1.Clc1nc(-c2ccccc2)c2c3ccccc3c3ccccc3c2n1.Clc1nc(-c2ccccc2)c2sc(-c3ccccc3)c(-c3ccccc3)c2n1.[C-]#[N+]c1ccc(-c2ccc(-c3nc(Cl)nc4c3oc3cc5ccccc5cc34)cc2)cc1. The Labute approximate surface area is 847 Å². The number of benzene rings is 17. The van der Waals surface area contributed by atoms with E-state index in [9.17, 15) is 0 Å². The zero-order chi connectivity index (χ0) is 96.4. The van der Waals surface area contributed by atoms with Crippen molar-refractivity contribution in [1.82, 2.24) is 54.8 Å². The van der Waals surface area contributed by atoms with Gasteiger partial charge in [0, 0.05) is 93.6 Å². The minimum atomic E-state index is 0.146. The summed E-state index contributed by atoms with van der Waals surface area (Å²) in [5, 5.41) is 13.3. The molecular formula is C122H71Cl5N12O3S. The minimum absolute atomic E-state index is 0.146. The van der Waals surface area contributed by atoms with Gasteiger partial charge in [0.15, 0.2) is 17.0 Å². The number of nitrogens with zero attached hydrogens (tertiary/aromatic N) is 12. The van der Waals surface area contributed by atoms with Gasteiger partial charge in [0.1, 0.15) is 33.7 Å². The molecule has 0 spiro atoms. The van der Waals surface area contributed by atoms with Crippen LogP contribution in [0.3, 0.4) is 0 Å². The van der Waals surface area contributed by atoms with Gasteiger partial charge in [-0.1, -0.05) is 370 Å². The van der Waals surface area contributed by atoms with Gasteiger partial charge in [-0.25, -0.2) is 49.7 Å². The average molecular weight is 1960 g/mol. The number of fused-ring (bicyclic) bond motifs is 16. The quantitative estimate of drug-likeness (QED) is 0.0676. The van der Waals surface area contributed by atoms with Gasteiger partial charge >= 0.3 is 0 Å². The van der Waals surface area contributed by atoms with Gasteiger partial charge in [0.25, 0.3) is 0 Å². The topological polar surface area (TPSA) is 186 Å². The maximum Gasteiger partial charge on any atom is 0.232 e. The molecule has 0 amide bonds. The Morgan fingerprint density at radius 1 is 0.259 bits per heavy atom. The first kappa shape index (κ1) is 89.5. The highest BCUT2D eigenvalue weighted by Crippen LogP contribution is 2.50. The van der Waals surface area contributed by atoms with Gasteiger partial charge in [-0.3, -0.25) is 4.98 Å². The smallest absolute Gasteiger partial charge is 0.232 e. The summed E-state index contributed by atoms with van der Waals surface area (Å²) in [5.41, 5.74) is 27.2. The summed E-state index contributed by atoms with van der Waals surface area (Å²) >= 11 is 33.1. The minimum Gasteiger partial charge on any atom is -0.456 e. The van der Waals surface area contributed by atoms with Gasteiger partial charge in [0.2, 0.25) is 26.8 Å². The molecule has 10 aromatic heterocycles. The van der Waals surface area contributed by atoms with Gasteiger partial charge < -0.3 is 13.3 Å². The second-order valence-electron chi connectivity index (χ2n) is 33.5. The molecule has 0 radical (unpaired) electrons. The van der Waals surface area contributed by atoms with Crippen LogP contribution in [0.2, 0.25) is 26.2 Å². The molecule has 27 aromatic rings. The maximum atomic E-state index is 7.10. The molecule has 0 saturated carbocycles. The van der Waals surface area contributed by atoms with Crippen molar-refractivity contribution in [2.24, 2.45) is 0 Å². The number of furan rings is 3. The van der Waals surface area contributed by atoms with Crippen LogP contribution in [0.25, 0.3) is 247 Å². The van der Waals surface area contributed by atoms with Crippen LogP contribution in [-0.2, 0) is 0 Å². The van der Waals surface area contributed by atoms with E-state index < -0.39 is 0 Å². The van der Waals surface area contributed by atoms with Crippen LogP contribution in [-0.4, -0.2) is 54.8 Å². The summed E-state index contributed by atoms with van der Waals surface area (Å²) in [5.74, 6) is 0.649. The van der Waals surface area contributed by atoms with Crippen LogP contribution in [0.4, 0.5) is 5.69 Å². The van der Waals surface area contributed by atoms with E-state index in [2.05, 4.69) is 207 Å². The molecule has 0 fully saturated rings. The van der Waals surface area contributed by atoms with Crippen molar-refractivity contribution >= 4 is 195 Å². The van der Waals surface area contributed by atoms with E-state index in [0.717, 1.165) is 193 Å². The first-order chi connectivity index (χ1) is 70.4. The average Bonchev–Trinajstić information content (AvgIpc) is 1.70. The van der Waals surface area contributed by atoms with Crippen molar-refractivity contribution in [1.29, 1.82) is 0 Å². The summed E-state index contributed by atoms with van der Waals surface area (Å²) < 4.78 is 19.6. The van der Waals surface area contributed by atoms with Gasteiger partial charge in [-0.2, -0.15) is 4.98 Å². The first-order valence-electron chi connectivity index (χ1n) is 45.7. The third kappa shape index (κ3) is 18.0. The van der Waals surface area contributed by atoms with Crippen LogP contribution in [0.15, 0.2) is 444 Å². The lowest BCUT2D eigenvalue weighted by Crippen LogP contribution is -1.95. The fraction of sp³-hybridized carbons (Fsp3) is 0. The summed E-state index contributed by atoms with van der Waals surface area (Å²) in [7, 11) is 0. The predicted octanol–water partition coefficient (Wildman–Crippen LogP) is 35.5. The molecule has 27 rings (SSSR count). The van der Waals surface area contributed by atoms with Crippen molar-refractivity contribution in [3.05, 3.63) is 468 Å². The van der Waals surface area contributed by atoms with E-state index in [1.807, 2.05) is 267 Å². The van der Waals surface area contributed by atoms with Crippen LogP contribution < -0.4 is 0 Å². The number of rotatable bonds is 11. The van der Waals surface area contributed by atoms with Gasteiger partial charge in [-0.05, 0) is 162 Å². The summed E-state index contributed by atoms with van der Waals surface area (Å²) in [6.45, 7) is 7.10. The lowest BCUT2D eigenvalue weighted by atomic mass is 9.94. The predicted molar refractivity (Wildman–Crippen MR) is 586 cm³/mol. The normalized spacial score (nSPS) is 11.2. The highest BCUT2D eigenvalue weighted by Gasteiger charge is 2.28. The number of aromatic nitrogens is 11. The van der Waals surface area contributed by atoms with E-state index in [0.29, 0.717) is 39.0 Å². The number of para-hydroxylation sites is 2. The van der Waals surface area contributed by atoms with Crippen LogP contribution >= 0.6 is 69.3 Å². The Morgan fingerprint density at radius 2 is 0.678 bits per heavy atom. The van der Waals surface area contributed by atoms with E-state index in [4.69, 9.17) is 87.8 Å². The second kappa shape index (κ2) is 39.5. The Morgan fingerprint density at radius 3 is 1.27 bits per heavy atom. The van der Waals surface area contributed by atoms with E-state index in [-0.39, 0.29) is 21.1 Å². The Kier molecular flexibility index (Phi) is 24.7. The summed E-state index contributed by atoms with van der Waals surface area (Å²) in [6.07, 6.45) is 1.74. The third-order valence-electron chi connectivity index (χ3n) is 24.7. The molecule has 0 aliphatic carbocycles. The van der Waals surface area contributed by atoms with E-state index >= 15 is 0 Å². The Bertz CT molecular complexity index is 9490. The van der Waals surface area contributed by atoms with Crippen molar-refractivity contribution in [2.45, 2.75) is 0 Å². The highest BCUT2D eigenvalue weighted by atomic mass is 35.5. The molecule has 0 unspecified atom stereocenters. The van der Waals surface area contributed by atoms with Gasteiger partial charge in [0.05, 0.1) is 67.2 Å². The van der Waals surface area contributed by atoms with Crippen LogP contribution in [0, 0.1) is 6.57 Å². The monoisotopic (exact) mass is 1960 g/mol. The number of hydrogen-bond acceptors (Lipinski definition) is 15. The molecule has 678 valence electrons. The molecule has 143 heavy (non-hydrogen) atoms. The Balaban J connectivity index is 0.0000000994. The lowest BCUT2D eigenvalue weighted by Gasteiger charge is -2.13. The van der Waals surface area contributed by atoms with Gasteiger partial charge in [-0.15, -0.1) is 11.3 Å². The van der Waals surface area contributed by atoms with Crippen molar-refractivity contribution in [3.63, 3.8) is 0 Å². The molecule has 17 aromatic carbocycles. The van der Waals surface area contributed by atoms with Crippen LogP contribution in [0.5, 0.6) is 0 Å². The first-order valence-corrected chi connectivity index (χ1v) is 48.4. The standard InChI is InChI=1S/C27H14ClN3O.C26H15ClN2O.C24H15ClN2S.C23H14ClN3O.C22H13ClN2/c1-29-21-12-10-17(11-13-21)16-6-8-18(9-7-16)24-26-25(31-27(28)30-24)22-14-19-4-2-3-5-20(19)15-23(22)32-26;27-18-11-13-20-19-12-10-17(14-23(19)30-24(20)15-18)26-25(16-6-2-1-3-7-16)28-21-8-4-5-9-22(21)29-26;25-24-26-20(17-12-6-2-7-13-17)23-21(27-24)19(16-10-4-1-5-11-16)22(28-23)18-14-8-3-9-15-18;24-23-26-20(16-11-5-2-6-12-16)19-18(15-9-3-1-4-10-15)21(28-22(19)27-23)17-13-7-8-14-25-17;23-22-24-20(14-8-2-1-3-9-14)19-17-12-6-4-10-15(17)16-11-5-7-13-18(16)21(19)25-22/h2-15H;1-15H;1-15H;1-14H;1-13H. The van der Waals surface area contributed by atoms with E-state index in [1.54, 1.807) is 17.5 Å². The maximum absolute atomic E-state index is 7.10. The second-order valence-corrected chi connectivity index (χ2v) is 36.3. The summed E-state index contributed by atoms with van der Waals surface area (Å²) in [6, 6.07) is 141. The molecule has 0 N–H and O–H groups in total. The third-order valence-corrected chi connectivity index (χ3v) is 26.9. The van der Waals surface area contributed by atoms with Crippen molar-refractivity contribution in [3.8, 4) is 123 Å². The number of hydrogen-bond donors (Lipinski definition) is 0. The van der Waals surface area contributed by atoms with E-state index in [1.165, 1.54) is 21.2 Å². The van der Waals surface area contributed by atoms with Crippen molar-refractivity contribution in [2.75, 3.05) is 0 Å². The lowest BCUT2D eigenvalue weighted by molar-refractivity contribution is 0.616. The molecule has 15 nitrogen and oxygen atoms in total. The number of thiophene rings is 1. The largest absolute Gasteiger partial charge is 0.456 e. The molecule has 0 atom stereocenters. The number of pyridine rings is 1. The molecule has 10 heterocycles. The molecule has 0 saturated heterocycles. The number of halogens is 5. The zero-order valence-electron chi connectivity index (χ0n) is 75.4. The zero-order valence-corrected chi connectivity index (χ0v) is 80.0. The molecular weight excluding hydrogens is 1890 g/mol. The fourth-order valence-corrected chi connectivity index (χ4v) is 20.3. The summed E-state index contributed by atoms with van der Waals surface area (Å²) in [4.78, 5) is 55.3. The molecule has 0 bridgehead atoms.